The number of hydrogen-bond donors (Lipinski definition) is 0. The normalized spacial score (nSPS) is 11.3. The van der Waals surface area contributed by atoms with E-state index >= 15 is 0 Å². The second-order valence-corrected chi connectivity index (χ2v) is 10.8. The predicted molar refractivity (Wildman–Crippen MR) is 148 cm³/mol. The monoisotopic (exact) mass is 448 g/mol. The van der Waals surface area contributed by atoms with Crippen LogP contribution in [0.1, 0.15) is 130 Å². The third kappa shape index (κ3) is 13.7. The smallest absolute Gasteiger partial charge is 0.0279 e. The van der Waals surface area contributed by atoms with Gasteiger partial charge in [-0.1, -0.05) is 142 Å². The summed E-state index contributed by atoms with van der Waals surface area (Å²) in [5, 5.41) is 0. The van der Waals surface area contributed by atoms with E-state index < -0.39 is 0 Å². The molecular formula is C33H52. The molecule has 0 nitrogen and oxygen atoms in total. The van der Waals surface area contributed by atoms with Gasteiger partial charge in [-0.25, -0.2) is 0 Å². The number of aryl methyl sites for hydroxylation is 6. The van der Waals surface area contributed by atoms with E-state index in [-0.39, 0.29) is 0 Å². The van der Waals surface area contributed by atoms with E-state index in [9.17, 15) is 0 Å². The fraction of sp³-hybridized carbons (Fsp3) is 0.636. The van der Waals surface area contributed by atoms with E-state index in [1.54, 1.807) is 0 Å². The van der Waals surface area contributed by atoms with Gasteiger partial charge in [-0.05, 0) is 64.5 Å². The van der Waals surface area contributed by atoms with Crippen molar-refractivity contribution in [3.05, 3.63) is 69.8 Å². The first-order chi connectivity index (χ1) is 16.0. The van der Waals surface area contributed by atoms with Crippen molar-refractivity contribution >= 4 is 0 Å². The molecule has 2 rings (SSSR count). The number of benzene rings is 2. The molecule has 0 spiro atoms. The predicted octanol–water partition coefficient (Wildman–Crippen LogP) is 10.6. The van der Waals surface area contributed by atoms with Crippen molar-refractivity contribution in [1.82, 2.24) is 0 Å². The highest BCUT2D eigenvalue weighted by Gasteiger charge is 1.99. The van der Waals surface area contributed by atoms with Crippen molar-refractivity contribution in [1.29, 1.82) is 0 Å². The van der Waals surface area contributed by atoms with E-state index in [1.807, 2.05) is 0 Å². The summed E-state index contributed by atoms with van der Waals surface area (Å²) in [6.45, 7) is 8.86. The Hall–Kier alpha value is -1.56. The van der Waals surface area contributed by atoms with Gasteiger partial charge >= 0.3 is 0 Å². The average molecular weight is 449 g/mol. The van der Waals surface area contributed by atoms with Crippen molar-refractivity contribution in [2.75, 3.05) is 0 Å². The molecule has 0 heteroatoms. The van der Waals surface area contributed by atoms with Gasteiger partial charge < -0.3 is 0 Å². The van der Waals surface area contributed by atoms with Crippen LogP contribution in [0.2, 0.25) is 0 Å². The molecule has 0 amide bonds. The second kappa shape index (κ2) is 17.0. The molecule has 0 aromatic heterocycles. The Morgan fingerprint density at radius 2 is 0.515 bits per heavy atom. The van der Waals surface area contributed by atoms with Gasteiger partial charge in [0.1, 0.15) is 0 Å². The first-order valence-corrected chi connectivity index (χ1v) is 14.2. The van der Waals surface area contributed by atoms with Crippen molar-refractivity contribution < 1.29 is 0 Å². The first kappa shape index (κ1) is 27.7. The van der Waals surface area contributed by atoms with Crippen molar-refractivity contribution in [3.8, 4) is 0 Å². The topological polar surface area (TPSA) is 0 Å². The zero-order valence-corrected chi connectivity index (χ0v) is 22.5. The van der Waals surface area contributed by atoms with Crippen LogP contribution in [-0.4, -0.2) is 0 Å². The molecule has 0 fully saturated rings. The molecular weight excluding hydrogens is 396 g/mol. The third-order valence-electron chi connectivity index (χ3n) is 6.99. The molecule has 184 valence electrons. The number of rotatable bonds is 18. The van der Waals surface area contributed by atoms with Gasteiger partial charge in [0.2, 0.25) is 0 Å². The molecule has 33 heavy (non-hydrogen) atoms. The molecule has 0 saturated heterocycles. The lowest BCUT2D eigenvalue weighted by Gasteiger charge is -2.06. The Morgan fingerprint density at radius 3 is 0.758 bits per heavy atom. The maximum atomic E-state index is 2.36. The quantitative estimate of drug-likeness (QED) is 0.199. The molecule has 0 saturated carbocycles. The Labute approximate surface area is 206 Å². The summed E-state index contributed by atoms with van der Waals surface area (Å²) >= 11 is 0. The zero-order valence-electron chi connectivity index (χ0n) is 22.5. The standard InChI is InChI=1S/C33H52/c1-28-22-29(2)25-32(24-28)20-18-16-14-12-10-8-6-5-7-9-11-13-15-17-19-21-33-26-30(3)23-31(4)27-33/h22-27H,5-21H2,1-4H3. The molecule has 0 unspecified atom stereocenters. The Kier molecular flexibility index (Phi) is 14.2. The highest BCUT2D eigenvalue weighted by atomic mass is 14.1. The van der Waals surface area contributed by atoms with Gasteiger partial charge in [-0.15, -0.1) is 0 Å². The van der Waals surface area contributed by atoms with Crippen LogP contribution in [0.5, 0.6) is 0 Å². The fourth-order valence-corrected chi connectivity index (χ4v) is 5.38. The molecule has 0 heterocycles. The minimum Gasteiger partial charge on any atom is -0.0564 e. The Balaban J connectivity index is 1.30. The fourth-order valence-electron chi connectivity index (χ4n) is 5.38. The van der Waals surface area contributed by atoms with Crippen LogP contribution in [0.15, 0.2) is 36.4 Å². The Morgan fingerprint density at radius 1 is 0.303 bits per heavy atom. The molecule has 0 N–H and O–H groups in total. The van der Waals surface area contributed by atoms with Crippen molar-refractivity contribution in [2.24, 2.45) is 0 Å². The summed E-state index contributed by atoms with van der Waals surface area (Å²) in [6, 6.07) is 14.0. The molecule has 2 aromatic rings. The van der Waals surface area contributed by atoms with Crippen molar-refractivity contribution in [3.63, 3.8) is 0 Å². The lowest BCUT2D eigenvalue weighted by Crippen LogP contribution is -1.89. The van der Waals surface area contributed by atoms with Gasteiger partial charge in [-0.3, -0.25) is 0 Å². The van der Waals surface area contributed by atoms with Gasteiger partial charge in [-0.2, -0.15) is 0 Å². The molecule has 0 aliphatic carbocycles. The maximum Gasteiger partial charge on any atom is -0.0279 e. The summed E-state index contributed by atoms with van der Waals surface area (Å²) < 4.78 is 0. The first-order valence-electron chi connectivity index (χ1n) is 14.2. The van der Waals surface area contributed by atoms with E-state index in [1.165, 1.54) is 143 Å². The van der Waals surface area contributed by atoms with Gasteiger partial charge in [0.25, 0.3) is 0 Å². The lowest BCUT2D eigenvalue weighted by molar-refractivity contribution is 0.530. The maximum absolute atomic E-state index is 2.36. The van der Waals surface area contributed by atoms with Gasteiger partial charge in [0.05, 0.1) is 0 Å². The van der Waals surface area contributed by atoms with Crippen LogP contribution in [0.25, 0.3) is 0 Å². The number of hydrogen-bond acceptors (Lipinski definition) is 0. The molecule has 0 atom stereocenters. The van der Waals surface area contributed by atoms with E-state index in [4.69, 9.17) is 0 Å². The minimum atomic E-state index is 1.26. The van der Waals surface area contributed by atoms with Crippen LogP contribution >= 0.6 is 0 Å². The SMILES string of the molecule is Cc1cc(C)cc(CCCCCCCCCCCCCCCCCc2cc(C)cc(C)c2)c1. The van der Waals surface area contributed by atoms with E-state index in [2.05, 4.69) is 64.1 Å². The largest absolute Gasteiger partial charge is 0.0564 e. The summed E-state index contributed by atoms with van der Waals surface area (Å²) in [5.41, 5.74) is 8.71. The summed E-state index contributed by atoms with van der Waals surface area (Å²) in [6.07, 6.45) is 23.9. The molecule has 2 aromatic carbocycles. The zero-order chi connectivity index (χ0) is 23.7. The molecule has 0 bridgehead atoms. The molecule has 0 radical (unpaired) electrons. The van der Waals surface area contributed by atoms with Gasteiger partial charge in [0, 0.05) is 0 Å². The number of unbranched alkanes of at least 4 members (excludes halogenated alkanes) is 14. The highest BCUT2D eigenvalue weighted by molar-refractivity contribution is 5.29. The summed E-state index contributed by atoms with van der Waals surface area (Å²) in [5.74, 6) is 0. The van der Waals surface area contributed by atoms with E-state index in [0.717, 1.165) is 0 Å². The van der Waals surface area contributed by atoms with E-state index in [0.29, 0.717) is 0 Å². The summed E-state index contributed by atoms with van der Waals surface area (Å²) in [7, 11) is 0. The second-order valence-electron chi connectivity index (χ2n) is 10.8. The van der Waals surface area contributed by atoms with Crippen LogP contribution in [-0.2, 0) is 12.8 Å². The van der Waals surface area contributed by atoms with Crippen molar-refractivity contribution in [2.45, 2.75) is 137 Å². The van der Waals surface area contributed by atoms with Crippen LogP contribution in [0.3, 0.4) is 0 Å². The minimum absolute atomic E-state index is 1.26. The third-order valence-corrected chi connectivity index (χ3v) is 6.99. The Bertz CT molecular complexity index is 664. The lowest BCUT2D eigenvalue weighted by atomic mass is 10.0. The summed E-state index contributed by atoms with van der Waals surface area (Å²) in [4.78, 5) is 0. The molecule has 0 aliphatic heterocycles. The molecule has 0 aliphatic rings. The van der Waals surface area contributed by atoms with Crippen LogP contribution < -0.4 is 0 Å². The van der Waals surface area contributed by atoms with Gasteiger partial charge in [0.15, 0.2) is 0 Å². The average Bonchev–Trinajstić information content (AvgIpc) is 2.74. The van der Waals surface area contributed by atoms with Crippen LogP contribution in [0, 0.1) is 27.7 Å². The van der Waals surface area contributed by atoms with Crippen LogP contribution in [0.4, 0.5) is 0 Å². The highest BCUT2D eigenvalue weighted by Crippen LogP contribution is 2.17.